The molecule has 0 aliphatic heterocycles. The quantitative estimate of drug-likeness (QED) is 0.513. The number of nitrogens with one attached hydrogen (secondary N) is 2. The van der Waals surface area contributed by atoms with Gasteiger partial charge in [-0.3, -0.25) is 4.79 Å². The molecule has 4 N–H and O–H groups in total. The highest BCUT2D eigenvalue weighted by Crippen LogP contribution is 2.34. The summed E-state index contributed by atoms with van der Waals surface area (Å²) in [4.78, 5) is 12.6. The average Bonchev–Trinajstić information content (AvgIpc) is 2.69. The molecule has 0 aliphatic rings. The van der Waals surface area contributed by atoms with Gasteiger partial charge in [0.2, 0.25) is 5.91 Å². The molecule has 0 spiro atoms. The Hall–Kier alpha value is -0.990. The fourth-order valence-corrected chi connectivity index (χ4v) is 2.89. The maximum atomic E-state index is 11.7. The molecule has 0 saturated carbocycles. The van der Waals surface area contributed by atoms with Crippen molar-refractivity contribution in [2.45, 2.75) is 17.9 Å². The first-order valence-corrected chi connectivity index (χ1v) is 7.42. The van der Waals surface area contributed by atoms with Crippen LogP contribution in [-0.4, -0.2) is 42.8 Å². The van der Waals surface area contributed by atoms with E-state index < -0.39 is 0 Å². The molecule has 6 nitrogen and oxygen atoms in total. The number of carbonyl (C=O) groups excluding carboxylic acids is 1. The number of nitrogens with zero attached hydrogens (tertiary/aromatic N) is 1. The molecule has 1 unspecified atom stereocenters. The number of aromatic nitrogens is 1. The number of rotatable bonds is 7. The van der Waals surface area contributed by atoms with E-state index in [-0.39, 0.29) is 11.9 Å². The maximum Gasteiger partial charge on any atom is 0.242 e. The number of methoxy groups -OCH3 is 1. The predicted octanol–water partition coefficient (Wildman–Crippen LogP) is 1.01. The average molecular weight is 290 g/mol. The van der Waals surface area contributed by atoms with E-state index in [0.29, 0.717) is 19.0 Å². The summed E-state index contributed by atoms with van der Waals surface area (Å²) in [7, 11) is 1.60. The number of hydrogen-bond acceptors (Lipinski definition) is 7. The summed E-state index contributed by atoms with van der Waals surface area (Å²) in [5.74, 6) is 0.424. The van der Waals surface area contributed by atoms with Crippen LogP contribution in [0.3, 0.4) is 0 Å². The Kier molecular flexibility index (Phi) is 6.23. The minimum atomic E-state index is -0.340. The van der Waals surface area contributed by atoms with Crippen LogP contribution < -0.4 is 16.4 Å². The Labute approximate surface area is 115 Å². The van der Waals surface area contributed by atoms with Crippen LogP contribution in [0.25, 0.3) is 0 Å². The number of amides is 1. The first-order chi connectivity index (χ1) is 8.60. The monoisotopic (exact) mass is 290 g/mol. The van der Waals surface area contributed by atoms with Gasteiger partial charge < -0.3 is 21.1 Å². The van der Waals surface area contributed by atoms with E-state index in [1.165, 1.54) is 23.3 Å². The summed E-state index contributed by atoms with van der Waals surface area (Å²) in [6.07, 6.45) is 1.93. The van der Waals surface area contributed by atoms with E-state index in [1.54, 1.807) is 14.0 Å². The summed E-state index contributed by atoms with van der Waals surface area (Å²) in [6.45, 7) is 2.80. The van der Waals surface area contributed by atoms with Crippen LogP contribution in [0.2, 0.25) is 0 Å². The summed E-state index contributed by atoms with van der Waals surface area (Å²) < 4.78 is 8.93. The second-order valence-corrected chi connectivity index (χ2v) is 5.17. The van der Waals surface area contributed by atoms with E-state index >= 15 is 0 Å². The third-order valence-corrected chi connectivity index (χ3v) is 3.97. The van der Waals surface area contributed by atoms with Crippen LogP contribution in [0.15, 0.2) is 4.90 Å². The van der Waals surface area contributed by atoms with Crippen LogP contribution in [-0.2, 0) is 9.53 Å². The second kappa shape index (κ2) is 7.45. The first kappa shape index (κ1) is 15.1. The fourth-order valence-electron chi connectivity index (χ4n) is 1.27. The summed E-state index contributed by atoms with van der Waals surface area (Å²) in [5, 5.41) is 6.71. The highest BCUT2D eigenvalue weighted by molar-refractivity contribution is 7.99. The molecule has 0 aliphatic carbocycles. The van der Waals surface area contributed by atoms with Gasteiger partial charge in [-0.05, 0) is 24.7 Å². The summed E-state index contributed by atoms with van der Waals surface area (Å²) in [6, 6.07) is -0.340. The van der Waals surface area contributed by atoms with Crippen LogP contribution in [0.5, 0.6) is 0 Å². The van der Waals surface area contributed by atoms with Crippen molar-refractivity contribution in [3.05, 3.63) is 0 Å². The Morgan fingerprint density at radius 2 is 2.39 bits per heavy atom. The molecule has 102 valence electrons. The topological polar surface area (TPSA) is 89.3 Å². The van der Waals surface area contributed by atoms with Gasteiger partial charge in [0, 0.05) is 13.7 Å². The van der Waals surface area contributed by atoms with E-state index in [1.807, 2.05) is 6.26 Å². The number of anilines is 2. The lowest BCUT2D eigenvalue weighted by Crippen LogP contribution is -2.38. The molecule has 1 rings (SSSR count). The lowest BCUT2D eigenvalue weighted by atomic mass is 10.3. The molecule has 1 amide bonds. The van der Waals surface area contributed by atoms with Crippen LogP contribution in [0, 0.1) is 0 Å². The van der Waals surface area contributed by atoms with Gasteiger partial charge in [-0.1, -0.05) is 0 Å². The normalized spacial score (nSPS) is 12.2. The Balaban J connectivity index is 2.52. The van der Waals surface area contributed by atoms with Gasteiger partial charge in [-0.2, -0.15) is 4.37 Å². The molecule has 18 heavy (non-hydrogen) atoms. The number of carbonyl (C=O) groups is 1. The highest BCUT2D eigenvalue weighted by atomic mass is 32.2. The third kappa shape index (κ3) is 4.04. The SMILES string of the molecule is COCCNC(=O)C(C)Nc1snc(N)c1SC. The number of ether oxygens (including phenoxy) is 1. The van der Waals surface area contributed by atoms with Crippen LogP contribution in [0.4, 0.5) is 10.8 Å². The highest BCUT2D eigenvalue weighted by Gasteiger charge is 2.17. The third-order valence-electron chi connectivity index (χ3n) is 2.22. The molecular formula is C10H18N4O2S2. The Morgan fingerprint density at radius 3 is 3.00 bits per heavy atom. The van der Waals surface area contributed by atoms with Gasteiger partial charge in [0.15, 0.2) is 5.82 Å². The number of hydrogen-bond donors (Lipinski definition) is 3. The fraction of sp³-hybridized carbons (Fsp3) is 0.600. The molecule has 0 saturated heterocycles. The van der Waals surface area contributed by atoms with E-state index in [0.717, 1.165) is 9.90 Å². The minimum absolute atomic E-state index is 0.0777. The van der Waals surface area contributed by atoms with Crippen molar-refractivity contribution in [1.29, 1.82) is 0 Å². The zero-order chi connectivity index (χ0) is 13.5. The zero-order valence-corrected chi connectivity index (χ0v) is 12.3. The van der Waals surface area contributed by atoms with Crippen molar-refractivity contribution >= 4 is 40.0 Å². The summed E-state index contributed by atoms with van der Waals surface area (Å²) >= 11 is 2.78. The first-order valence-electron chi connectivity index (χ1n) is 5.42. The van der Waals surface area contributed by atoms with Crippen molar-refractivity contribution in [2.24, 2.45) is 0 Å². The van der Waals surface area contributed by atoms with Crippen molar-refractivity contribution in [3.63, 3.8) is 0 Å². The Morgan fingerprint density at radius 1 is 1.67 bits per heavy atom. The lowest BCUT2D eigenvalue weighted by molar-refractivity contribution is -0.121. The molecular weight excluding hydrogens is 272 g/mol. The van der Waals surface area contributed by atoms with Gasteiger partial charge >= 0.3 is 0 Å². The Bertz CT molecular complexity index is 397. The molecule has 0 radical (unpaired) electrons. The second-order valence-electron chi connectivity index (χ2n) is 3.58. The molecule has 8 heteroatoms. The van der Waals surface area contributed by atoms with Crippen molar-refractivity contribution in [2.75, 3.05) is 37.6 Å². The molecule has 1 heterocycles. The van der Waals surface area contributed by atoms with Crippen LogP contribution >= 0.6 is 23.3 Å². The molecule has 0 bridgehead atoms. The molecule has 0 fully saturated rings. The summed E-state index contributed by atoms with van der Waals surface area (Å²) in [5.41, 5.74) is 5.72. The number of thioether (sulfide) groups is 1. The molecule has 0 aromatic carbocycles. The van der Waals surface area contributed by atoms with Gasteiger partial charge in [0.25, 0.3) is 0 Å². The van der Waals surface area contributed by atoms with Gasteiger partial charge in [0.1, 0.15) is 11.0 Å². The van der Waals surface area contributed by atoms with Crippen molar-refractivity contribution in [3.8, 4) is 0 Å². The lowest BCUT2D eigenvalue weighted by Gasteiger charge is -2.14. The minimum Gasteiger partial charge on any atom is -0.383 e. The predicted molar refractivity (Wildman–Crippen MR) is 76.3 cm³/mol. The zero-order valence-electron chi connectivity index (χ0n) is 10.6. The smallest absolute Gasteiger partial charge is 0.242 e. The van der Waals surface area contributed by atoms with E-state index in [2.05, 4.69) is 15.0 Å². The van der Waals surface area contributed by atoms with Gasteiger partial charge in [-0.15, -0.1) is 11.8 Å². The molecule has 1 aromatic heterocycles. The van der Waals surface area contributed by atoms with Gasteiger partial charge in [0.05, 0.1) is 11.5 Å². The van der Waals surface area contributed by atoms with E-state index in [9.17, 15) is 4.79 Å². The van der Waals surface area contributed by atoms with E-state index in [4.69, 9.17) is 10.5 Å². The largest absolute Gasteiger partial charge is 0.383 e. The van der Waals surface area contributed by atoms with Crippen molar-refractivity contribution < 1.29 is 9.53 Å². The molecule has 1 aromatic rings. The van der Waals surface area contributed by atoms with Gasteiger partial charge in [-0.25, -0.2) is 0 Å². The van der Waals surface area contributed by atoms with Crippen LogP contribution in [0.1, 0.15) is 6.92 Å². The van der Waals surface area contributed by atoms with Crippen molar-refractivity contribution in [1.82, 2.24) is 9.69 Å². The number of nitrogens with two attached hydrogens (primary N) is 1. The molecule has 1 atom stereocenters. The standard InChI is InChI=1S/C10H18N4O2S2/c1-6(9(15)12-4-5-16-2)13-10-7(17-3)8(11)14-18-10/h6,13H,4-5H2,1-3H3,(H2,11,14)(H,12,15). The maximum absolute atomic E-state index is 11.7. The number of nitrogen functional groups attached to an aromatic ring is 1.